The minimum absolute atomic E-state index is 0.00192. The number of nitrogen functional groups attached to an aromatic ring is 1. The van der Waals surface area contributed by atoms with Crippen molar-refractivity contribution in [2.24, 2.45) is 0 Å². The van der Waals surface area contributed by atoms with Gasteiger partial charge in [-0.25, -0.2) is 9.07 Å². The molecular formula is C21H23FN6O2S. The Morgan fingerprint density at radius 3 is 2.61 bits per heavy atom. The van der Waals surface area contributed by atoms with E-state index >= 15 is 0 Å². The summed E-state index contributed by atoms with van der Waals surface area (Å²) in [4.78, 5) is 26.1. The average Bonchev–Trinajstić information content (AvgIpc) is 3.12. The Kier molecular flexibility index (Phi) is 7.24. The molecule has 0 saturated heterocycles. The van der Waals surface area contributed by atoms with Crippen molar-refractivity contribution >= 4 is 29.3 Å². The van der Waals surface area contributed by atoms with Gasteiger partial charge >= 0.3 is 0 Å². The minimum atomic E-state index is -0.468. The number of nitrogens with two attached hydrogens (primary N) is 1. The Labute approximate surface area is 183 Å². The number of nitrogens with zero attached hydrogens (tertiary/aromatic N) is 4. The molecule has 10 heteroatoms. The first-order valence-corrected chi connectivity index (χ1v) is 10.6. The number of rotatable bonds is 8. The van der Waals surface area contributed by atoms with Gasteiger partial charge in [-0.1, -0.05) is 49.0 Å². The molecule has 2 amide bonds. The van der Waals surface area contributed by atoms with Crippen LogP contribution in [0.4, 0.5) is 10.1 Å². The van der Waals surface area contributed by atoms with E-state index < -0.39 is 5.82 Å². The highest BCUT2D eigenvalue weighted by Gasteiger charge is 2.18. The summed E-state index contributed by atoms with van der Waals surface area (Å²) in [5, 5.41) is 11.0. The molecule has 1 aromatic heterocycles. The van der Waals surface area contributed by atoms with Crippen LogP contribution in [0.5, 0.6) is 0 Å². The number of halogens is 1. The van der Waals surface area contributed by atoms with Gasteiger partial charge < -0.3 is 16.1 Å². The molecular weight excluding hydrogens is 419 g/mol. The molecule has 0 unspecified atom stereocenters. The van der Waals surface area contributed by atoms with Crippen LogP contribution in [0, 0.1) is 5.82 Å². The maximum Gasteiger partial charge on any atom is 0.243 e. The predicted molar refractivity (Wildman–Crippen MR) is 118 cm³/mol. The van der Waals surface area contributed by atoms with E-state index in [0.717, 1.165) is 34.1 Å². The fourth-order valence-corrected chi connectivity index (χ4v) is 3.68. The van der Waals surface area contributed by atoms with Crippen LogP contribution in [-0.2, 0) is 16.0 Å². The van der Waals surface area contributed by atoms with E-state index in [4.69, 9.17) is 5.84 Å². The molecule has 2 aromatic carbocycles. The maximum absolute atomic E-state index is 14.0. The van der Waals surface area contributed by atoms with Crippen molar-refractivity contribution in [2.45, 2.75) is 18.5 Å². The molecule has 0 bridgehead atoms. The van der Waals surface area contributed by atoms with Gasteiger partial charge in [0.05, 0.1) is 17.9 Å². The molecule has 8 nitrogen and oxygen atoms in total. The molecule has 1 heterocycles. The zero-order chi connectivity index (χ0) is 22.4. The van der Waals surface area contributed by atoms with Gasteiger partial charge in [0.2, 0.25) is 17.0 Å². The molecule has 0 spiro atoms. The molecule has 3 N–H and O–H groups in total. The van der Waals surface area contributed by atoms with E-state index in [1.807, 2.05) is 31.2 Å². The van der Waals surface area contributed by atoms with Crippen LogP contribution >= 0.6 is 11.8 Å². The van der Waals surface area contributed by atoms with E-state index in [1.54, 1.807) is 25.2 Å². The molecule has 0 atom stereocenters. The van der Waals surface area contributed by atoms with Crippen LogP contribution in [0.3, 0.4) is 0 Å². The summed E-state index contributed by atoms with van der Waals surface area (Å²) in [6.07, 6.45) is 0.788. The smallest absolute Gasteiger partial charge is 0.243 e. The number of carbonyl (C=O) groups is 2. The monoisotopic (exact) mass is 442 g/mol. The highest BCUT2D eigenvalue weighted by atomic mass is 32.2. The second-order valence-electron chi connectivity index (χ2n) is 6.75. The van der Waals surface area contributed by atoms with Crippen molar-refractivity contribution < 1.29 is 14.0 Å². The number of likely N-dealkylation sites (N-methyl/N-ethyl adjacent to an activating group) is 1. The fourth-order valence-electron chi connectivity index (χ4n) is 2.88. The second-order valence-corrected chi connectivity index (χ2v) is 7.70. The van der Waals surface area contributed by atoms with Gasteiger partial charge in [-0.05, 0) is 30.2 Å². The number of thioether (sulfide) groups is 1. The lowest BCUT2D eigenvalue weighted by atomic mass is 10.1. The topological polar surface area (TPSA) is 106 Å². The average molecular weight is 443 g/mol. The predicted octanol–water partition coefficient (Wildman–Crippen LogP) is 2.55. The first-order chi connectivity index (χ1) is 14.9. The molecule has 31 heavy (non-hydrogen) atoms. The summed E-state index contributed by atoms with van der Waals surface area (Å²) in [5.41, 5.74) is 1.98. The maximum atomic E-state index is 14.0. The van der Waals surface area contributed by atoms with E-state index in [9.17, 15) is 14.0 Å². The summed E-state index contributed by atoms with van der Waals surface area (Å²) in [5.74, 6) is 5.11. The molecule has 3 rings (SSSR count). The van der Waals surface area contributed by atoms with Gasteiger partial charge in [0.1, 0.15) is 5.82 Å². The van der Waals surface area contributed by atoms with Crippen LogP contribution in [0.25, 0.3) is 11.4 Å². The van der Waals surface area contributed by atoms with Crippen LogP contribution < -0.4 is 11.2 Å². The van der Waals surface area contributed by atoms with E-state index in [1.165, 1.54) is 11.0 Å². The van der Waals surface area contributed by atoms with Gasteiger partial charge in [-0.3, -0.25) is 9.59 Å². The summed E-state index contributed by atoms with van der Waals surface area (Å²) in [7, 11) is 1.55. The SMILES string of the molecule is CCc1ccccc1NC(=O)CN(C)C(=O)CSc1nnc(-c2ccccc2F)n1N. The molecule has 162 valence electrons. The van der Waals surface area contributed by atoms with Gasteiger partial charge in [-0.2, -0.15) is 0 Å². The number of hydrogen-bond donors (Lipinski definition) is 2. The molecule has 0 aliphatic heterocycles. The number of benzene rings is 2. The molecule has 0 aliphatic carbocycles. The molecule has 0 aliphatic rings. The molecule has 0 saturated carbocycles. The van der Waals surface area contributed by atoms with E-state index in [2.05, 4.69) is 15.5 Å². The molecule has 0 fully saturated rings. The minimum Gasteiger partial charge on any atom is -0.336 e. The Bertz CT molecular complexity index is 1090. The first kappa shape index (κ1) is 22.3. The van der Waals surface area contributed by atoms with Crippen LogP contribution in [0.2, 0.25) is 0 Å². The summed E-state index contributed by atoms with van der Waals surface area (Å²) < 4.78 is 15.1. The number of carbonyl (C=O) groups excluding carboxylic acids is 2. The van der Waals surface area contributed by atoms with Crippen molar-refractivity contribution in [3.63, 3.8) is 0 Å². The Hall–Kier alpha value is -3.40. The van der Waals surface area contributed by atoms with Crippen molar-refractivity contribution in [3.8, 4) is 11.4 Å². The highest BCUT2D eigenvalue weighted by molar-refractivity contribution is 7.99. The number of anilines is 1. The lowest BCUT2D eigenvalue weighted by Gasteiger charge is -2.17. The molecule has 3 aromatic rings. The van der Waals surface area contributed by atoms with Crippen LogP contribution in [0.15, 0.2) is 53.7 Å². The van der Waals surface area contributed by atoms with Gasteiger partial charge in [0.15, 0.2) is 5.82 Å². The van der Waals surface area contributed by atoms with Crippen molar-refractivity contribution in [3.05, 3.63) is 59.9 Å². The second kappa shape index (κ2) is 10.1. The molecule has 0 radical (unpaired) electrons. The van der Waals surface area contributed by atoms with Crippen molar-refractivity contribution in [2.75, 3.05) is 30.5 Å². The third kappa shape index (κ3) is 5.40. The first-order valence-electron chi connectivity index (χ1n) is 9.60. The number of para-hydroxylation sites is 1. The van der Waals surface area contributed by atoms with E-state index in [0.29, 0.717) is 0 Å². The zero-order valence-corrected chi connectivity index (χ0v) is 18.0. The summed E-state index contributed by atoms with van der Waals surface area (Å²) >= 11 is 1.06. The number of aryl methyl sites for hydroxylation is 1. The Morgan fingerprint density at radius 2 is 1.87 bits per heavy atom. The number of hydrogen-bond acceptors (Lipinski definition) is 6. The van der Waals surface area contributed by atoms with Crippen molar-refractivity contribution in [1.82, 2.24) is 19.8 Å². The largest absolute Gasteiger partial charge is 0.336 e. The lowest BCUT2D eigenvalue weighted by molar-refractivity contribution is -0.131. The summed E-state index contributed by atoms with van der Waals surface area (Å²) in [6.45, 7) is 1.92. The number of amides is 2. The third-order valence-corrected chi connectivity index (χ3v) is 5.51. The third-order valence-electron chi connectivity index (χ3n) is 4.58. The number of aromatic nitrogens is 3. The standard InChI is InChI=1S/C21H23FN6O2S/c1-3-14-8-4-7-11-17(14)24-18(29)12-27(2)19(30)13-31-21-26-25-20(28(21)23)15-9-5-6-10-16(15)22/h4-11H,3,12-13,23H2,1-2H3,(H,24,29). The number of nitrogens with one attached hydrogen (secondary N) is 1. The quantitative estimate of drug-likeness (QED) is 0.410. The summed E-state index contributed by atoms with van der Waals surface area (Å²) in [6, 6.07) is 13.6. The van der Waals surface area contributed by atoms with Gasteiger partial charge in [0, 0.05) is 12.7 Å². The Balaban J connectivity index is 1.56. The lowest BCUT2D eigenvalue weighted by Crippen LogP contribution is -2.36. The van der Waals surface area contributed by atoms with Crippen LogP contribution in [-0.4, -0.2) is 50.9 Å². The Morgan fingerprint density at radius 1 is 1.16 bits per heavy atom. The van der Waals surface area contributed by atoms with Crippen LogP contribution in [0.1, 0.15) is 12.5 Å². The zero-order valence-electron chi connectivity index (χ0n) is 17.2. The normalized spacial score (nSPS) is 10.7. The fraction of sp³-hybridized carbons (Fsp3) is 0.238. The highest BCUT2D eigenvalue weighted by Crippen LogP contribution is 2.23. The van der Waals surface area contributed by atoms with Gasteiger partial charge in [0.25, 0.3) is 0 Å². The van der Waals surface area contributed by atoms with E-state index in [-0.39, 0.29) is 40.7 Å². The van der Waals surface area contributed by atoms with Crippen molar-refractivity contribution in [1.29, 1.82) is 0 Å². The van der Waals surface area contributed by atoms with Gasteiger partial charge in [-0.15, -0.1) is 10.2 Å².